The summed E-state index contributed by atoms with van der Waals surface area (Å²) in [7, 11) is 0. The molecule has 9 nitrogen and oxygen atoms in total. The van der Waals surface area contributed by atoms with E-state index in [1.807, 2.05) is 133 Å². The monoisotopic (exact) mass is 828 g/mol. The highest BCUT2D eigenvalue weighted by Gasteiger charge is 2.22. The van der Waals surface area contributed by atoms with E-state index in [-0.39, 0.29) is 0 Å². The van der Waals surface area contributed by atoms with Gasteiger partial charge in [-0.1, -0.05) is 152 Å². The zero-order valence-corrected chi connectivity index (χ0v) is 35.2. The van der Waals surface area contributed by atoms with Crippen LogP contribution in [0.2, 0.25) is 0 Å². The molecule has 0 saturated carbocycles. The van der Waals surface area contributed by atoms with Gasteiger partial charge in [0.05, 0.1) is 17.6 Å². The van der Waals surface area contributed by atoms with Crippen molar-refractivity contribution in [2.24, 2.45) is 0 Å². The van der Waals surface area contributed by atoms with Crippen molar-refractivity contribution in [2.75, 3.05) is 4.90 Å². The van der Waals surface area contributed by atoms with Gasteiger partial charge in [0, 0.05) is 55.6 Å². The van der Waals surface area contributed by atoms with E-state index in [1.54, 1.807) is 0 Å². The third-order valence-electron chi connectivity index (χ3n) is 11.4. The van der Waals surface area contributed by atoms with Crippen LogP contribution in [0.15, 0.2) is 199 Å². The molecular weight excluding hydrogens is 789 g/mol. The van der Waals surface area contributed by atoms with Gasteiger partial charge < -0.3 is 9.32 Å². The van der Waals surface area contributed by atoms with Gasteiger partial charge in [-0.15, -0.1) is 0 Å². The molecule has 306 valence electrons. The van der Waals surface area contributed by atoms with E-state index in [9.17, 15) is 0 Å². The summed E-state index contributed by atoms with van der Waals surface area (Å²) >= 11 is 0. The number of anilines is 1. The molecule has 9 heteroatoms. The molecule has 11 aromatic rings. The summed E-state index contributed by atoms with van der Waals surface area (Å²) in [6.45, 7) is 8.96. The molecule has 0 amide bonds. The van der Waals surface area contributed by atoms with Gasteiger partial charge in [0.25, 0.3) is 0 Å². The summed E-state index contributed by atoms with van der Waals surface area (Å²) in [5, 5.41) is 4.35. The van der Waals surface area contributed by atoms with Crippen LogP contribution in [0.1, 0.15) is 18.1 Å². The first-order valence-electron chi connectivity index (χ1n) is 21.2. The van der Waals surface area contributed by atoms with Crippen molar-refractivity contribution in [1.82, 2.24) is 34.5 Å². The summed E-state index contributed by atoms with van der Waals surface area (Å²) < 4.78 is 8.59. The molecule has 0 bridgehead atoms. The van der Waals surface area contributed by atoms with Crippen LogP contribution in [0.4, 0.5) is 5.95 Å². The van der Waals surface area contributed by atoms with Gasteiger partial charge in [0.2, 0.25) is 11.9 Å². The third kappa shape index (κ3) is 7.04. The maximum atomic E-state index is 6.46. The number of para-hydroxylation sites is 1. The minimum Gasteiger partial charge on any atom is -0.456 e. The minimum atomic E-state index is 0.410. The average Bonchev–Trinajstić information content (AvgIpc) is 3.87. The first-order valence-corrected chi connectivity index (χ1v) is 21.2. The van der Waals surface area contributed by atoms with Gasteiger partial charge in [-0.3, -0.25) is 4.57 Å². The Labute approximate surface area is 369 Å². The Morgan fingerprint density at radius 1 is 0.531 bits per heavy atom. The van der Waals surface area contributed by atoms with Crippen LogP contribution < -0.4 is 4.90 Å². The molecule has 0 aliphatic heterocycles. The summed E-state index contributed by atoms with van der Waals surface area (Å²) in [4.78, 5) is 32.6. The molecule has 0 spiro atoms. The van der Waals surface area contributed by atoms with Crippen molar-refractivity contribution in [3.05, 3.63) is 205 Å². The number of nitrogens with zero attached hydrogens (tertiary/aromatic N) is 8. The van der Waals surface area contributed by atoms with Crippen LogP contribution in [0.25, 0.3) is 95.2 Å². The number of hydrogen-bond acceptors (Lipinski definition) is 8. The molecule has 0 aliphatic carbocycles. The summed E-state index contributed by atoms with van der Waals surface area (Å²) in [6, 6.07) is 57.3. The molecule has 0 radical (unpaired) electrons. The number of furan rings is 1. The number of aryl methyl sites for hydroxylation is 1. The second kappa shape index (κ2) is 16.0. The largest absolute Gasteiger partial charge is 0.456 e. The van der Waals surface area contributed by atoms with Crippen LogP contribution >= 0.6 is 0 Å². The van der Waals surface area contributed by atoms with Crippen molar-refractivity contribution in [2.45, 2.75) is 20.4 Å². The van der Waals surface area contributed by atoms with Crippen LogP contribution in [-0.2, 0) is 6.54 Å². The van der Waals surface area contributed by atoms with Crippen molar-refractivity contribution in [3.8, 4) is 51.5 Å². The lowest BCUT2D eigenvalue weighted by Gasteiger charge is -2.24. The predicted octanol–water partition coefficient (Wildman–Crippen LogP) is 13.1. The van der Waals surface area contributed by atoms with Crippen LogP contribution in [0.3, 0.4) is 0 Å². The molecule has 4 heterocycles. The van der Waals surface area contributed by atoms with Crippen LogP contribution in [0, 0.1) is 6.92 Å². The molecule has 0 aliphatic rings. The molecule has 0 fully saturated rings. The standard InChI is InChI=1S/C55H40N8O/c1-4-17-36(3)62(54-58-50(38-19-8-5-9-20-38)56-51(59-54)39-21-10-6-11-22-39)34-37-18-16-25-41(31-37)53-57-52(40-23-12-7-13-24-40)60-55(61-53)63-46-27-15-14-26-42(46)43-32-45-44-30-35(2)28-29-48(44)64-49(45)33-47(43)63/h4-33H,3,34H2,1-2H3. The summed E-state index contributed by atoms with van der Waals surface area (Å²) in [5.74, 6) is 3.23. The van der Waals surface area contributed by atoms with Gasteiger partial charge >= 0.3 is 0 Å². The van der Waals surface area contributed by atoms with Crippen LogP contribution in [-0.4, -0.2) is 34.5 Å². The minimum absolute atomic E-state index is 0.410. The van der Waals surface area contributed by atoms with Crippen molar-refractivity contribution in [1.29, 1.82) is 0 Å². The van der Waals surface area contributed by atoms with Gasteiger partial charge in [-0.2, -0.15) is 19.9 Å². The zero-order chi connectivity index (χ0) is 43.1. The molecule has 0 unspecified atom stereocenters. The number of aromatic nitrogens is 7. The smallest absolute Gasteiger partial charge is 0.238 e. The van der Waals surface area contributed by atoms with Gasteiger partial charge in [-0.25, -0.2) is 9.97 Å². The van der Waals surface area contributed by atoms with Crippen molar-refractivity contribution < 1.29 is 4.42 Å². The molecule has 11 rings (SSSR count). The Balaban J connectivity index is 1.05. The summed E-state index contributed by atoms with van der Waals surface area (Å²) in [5.41, 5.74) is 9.96. The van der Waals surface area contributed by atoms with E-state index < -0.39 is 0 Å². The number of fused-ring (bicyclic) bond motifs is 6. The maximum absolute atomic E-state index is 6.46. The van der Waals surface area contributed by atoms with Crippen LogP contribution in [0.5, 0.6) is 0 Å². The fraction of sp³-hybridized carbons (Fsp3) is 0.0545. The maximum Gasteiger partial charge on any atom is 0.238 e. The molecule has 0 saturated heterocycles. The van der Waals surface area contributed by atoms with Crippen molar-refractivity contribution >= 4 is 49.7 Å². The van der Waals surface area contributed by atoms with E-state index in [0.29, 0.717) is 41.7 Å². The van der Waals surface area contributed by atoms with E-state index in [0.717, 1.165) is 77.3 Å². The number of allylic oxidation sites excluding steroid dienone is 2. The van der Waals surface area contributed by atoms with E-state index in [1.165, 1.54) is 5.56 Å². The first-order chi connectivity index (χ1) is 31.5. The van der Waals surface area contributed by atoms with Gasteiger partial charge in [-0.05, 0) is 55.8 Å². The van der Waals surface area contributed by atoms with Crippen molar-refractivity contribution in [3.63, 3.8) is 0 Å². The normalized spacial score (nSPS) is 11.7. The molecule has 4 aromatic heterocycles. The lowest BCUT2D eigenvalue weighted by molar-refractivity contribution is 0.669. The zero-order valence-electron chi connectivity index (χ0n) is 35.2. The fourth-order valence-corrected chi connectivity index (χ4v) is 8.37. The second-order valence-electron chi connectivity index (χ2n) is 15.8. The molecule has 7 aromatic carbocycles. The molecular formula is C55H40N8O. The second-order valence-corrected chi connectivity index (χ2v) is 15.8. The molecule has 0 atom stereocenters. The highest BCUT2D eigenvalue weighted by molar-refractivity contribution is 6.17. The average molecular weight is 829 g/mol. The number of benzene rings is 7. The van der Waals surface area contributed by atoms with E-state index in [2.05, 4.69) is 78.7 Å². The molecule has 0 N–H and O–H groups in total. The van der Waals surface area contributed by atoms with Gasteiger partial charge in [0.1, 0.15) is 11.2 Å². The lowest BCUT2D eigenvalue weighted by atomic mass is 10.1. The lowest BCUT2D eigenvalue weighted by Crippen LogP contribution is -2.23. The Kier molecular flexibility index (Phi) is 9.62. The number of rotatable bonds is 10. The highest BCUT2D eigenvalue weighted by atomic mass is 16.3. The quantitative estimate of drug-likeness (QED) is 0.126. The Bertz CT molecular complexity index is 3520. The Morgan fingerprint density at radius 2 is 1.11 bits per heavy atom. The Morgan fingerprint density at radius 3 is 1.77 bits per heavy atom. The SMILES string of the molecule is C=C(C=CC)N(Cc1cccc(-c2nc(-c3ccccc3)nc(-n3c4ccccc4c4cc5c(cc43)oc3ccc(C)cc35)n2)c1)c1nc(-c2ccccc2)nc(-c2ccccc2)n1. The highest BCUT2D eigenvalue weighted by Crippen LogP contribution is 2.39. The van der Waals surface area contributed by atoms with E-state index >= 15 is 0 Å². The third-order valence-corrected chi connectivity index (χ3v) is 11.4. The fourth-order valence-electron chi connectivity index (χ4n) is 8.37. The summed E-state index contributed by atoms with van der Waals surface area (Å²) in [6.07, 6.45) is 3.93. The Hall–Kier alpha value is -8.56. The topological polar surface area (TPSA) is 98.7 Å². The van der Waals surface area contributed by atoms with Gasteiger partial charge in [0.15, 0.2) is 23.3 Å². The number of hydrogen-bond donors (Lipinski definition) is 0. The first kappa shape index (κ1) is 38.4. The molecule has 64 heavy (non-hydrogen) atoms. The van der Waals surface area contributed by atoms with E-state index in [4.69, 9.17) is 34.3 Å². The predicted molar refractivity (Wildman–Crippen MR) is 258 cm³/mol.